The first kappa shape index (κ1) is 17.0. The minimum Gasteiger partial charge on any atom is -0.340 e. The number of amides is 1. The summed E-state index contributed by atoms with van der Waals surface area (Å²) in [5, 5.41) is 7.19. The van der Waals surface area contributed by atoms with Gasteiger partial charge in [0.05, 0.1) is 11.6 Å². The molecule has 1 atom stereocenters. The third-order valence-corrected chi connectivity index (χ3v) is 4.54. The summed E-state index contributed by atoms with van der Waals surface area (Å²) in [6, 6.07) is 0. The van der Waals surface area contributed by atoms with Crippen LogP contribution in [0, 0.1) is 13.8 Å². The second kappa shape index (κ2) is 7.24. The number of H-pyrrole nitrogens is 1. The molecular formula is C16H29N5O. The molecule has 1 unspecified atom stereocenters. The van der Waals surface area contributed by atoms with Crippen LogP contribution in [0.5, 0.6) is 0 Å². The van der Waals surface area contributed by atoms with Crippen LogP contribution in [0.25, 0.3) is 0 Å². The van der Waals surface area contributed by atoms with E-state index in [-0.39, 0.29) is 11.8 Å². The first-order valence-corrected chi connectivity index (χ1v) is 8.07. The number of aryl methyl sites for hydroxylation is 2. The van der Waals surface area contributed by atoms with Crippen LogP contribution >= 0.6 is 0 Å². The van der Waals surface area contributed by atoms with Crippen LogP contribution in [0.4, 0.5) is 0 Å². The number of hydrogen-bond acceptors (Lipinski definition) is 4. The maximum Gasteiger partial charge on any atom is 0.230 e. The smallest absolute Gasteiger partial charge is 0.230 e. The molecule has 0 spiro atoms. The third-order valence-electron chi connectivity index (χ3n) is 4.54. The summed E-state index contributed by atoms with van der Waals surface area (Å²) >= 11 is 0. The molecule has 1 amide bonds. The van der Waals surface area contributed by atoms with Gasteiger partial charge in [0, 0.05) is 50.5 Å². The molecule has 124 valence electrons. The first-order valence-electron chi connectivity index (χ1n) is 8.07. The predicted octanol–water partition coefficient (Wildman–Crippen LogP) is 0.836. The van der Waals surface area contributed by atoms with Crippen molar-refractivity contribution < 1.29 is 4.79 Å². The zero-order valence-electron chi connectivity index (χ0n) is 14.5. The number of aromatic nitrogens is 2. The topological polar surface area (TPSA) is 55.5 Å². The second-order valence-electron chi connectivity index (χ2n) is 6.54. The van der Waals surface area contributed by atoms with Crippen LogP contribution in [-0.4, -0.2) is 84.2 Å². The lowest BCUT2D eigenvalue weighted by atomic mass is 9.97. The van der Waals surface area contributed by atoms with Gasteiger partial charge in [0.15, 0.2) is 0 Å². The molecule has 1 aliphatic heterocycles. The average molecular weight is 307 g/mol. The number of aromatic amines is 1. The Morgan fingerprint density at radius 2 is 1.91 bits per heavy atom. The van der Waals surface area contributed by atoms with Crippen LogP contribution in [0.1, 0.15) is 29.8 Å². The summed E-state index contributed by atoms with van der Waals surface area (Å²) in [5.41, 5.74) is 2.99. The van der Waals surface area contributed by atoms with Gasteiger partial charge in [0.1, 0.15) is 0 Å². The van der Waals surface area contributed by atoms with Crippen molar-refractivity contribution in [2.75, 3.05) is 53.4 Å². The third kappa shape index (κ3) is 3.87. The molecule has 0 aliphatic carbocycles. The molecule has 1 N–H and O–H groups in total. The van der Waals surface area contributed by atoms with Gasteiger partial charge in [0.25, 0.3) is 0 Å². The van der Waals surface area contributed by atoms with Crippen molar-refractivity contribution in [1.29, 1.82) is 0 Å². The van der Waals surface area contributed by atoms with Gasteiger partial charge < -0.3 is 9.80 Å². The van der Waals surface area contributed by atoms with E-state index < -0.39 is 0 Å². The Bertz CT molecular complexity index is 483. The van der Waals surface area contributed by atoms with Crippen LogP contribution in [0.3, 0.4) is 0 Å². The van der Waals surface area contributed by atoms with E-state index in [4.69, 9.17) is 0 Å². The molecule has 2 heterocycles. The highest BCUT2D eigenvalue weighted by molar-refractivity contribution is 5.84. The normalized spacial score (nSPS) is 18.0. The van der Waals surface area contributed by atoms with Gasteiger partial charge in [-0.1, -0.05) is 0 Å². The van der Waals surface area contributed by atoms with Gasteiger partial charge >= 0.3 is 0 Å². The van der Waals surface area contributed by atoms with E-state index in [9.17, 15) is 4.79 Å². The molecule has 6 nitrogen and oxygen atoms in total. The Kier molecular flexibility index (Phi) is 5.58. The Morgan fingerprint density at radius 3 is 2.41 bits per heavy atom. The van der Waals surface area contributed by atoms with Crippen molar-refractivity contribution in [2.45, 2.75) is 26.7 Å². The lowest BCUT2D eigenvalue weighted by molar-refractivity contribution is -0.134. The molecule has 0 aromatic carbocycles. The molecule has 1 fully saturated rings. The van der Waals surface area contributed by atoms with Crippen molar-refractivity contribution in [3.63, 3.8) is 0 Å². The van der Waals surface area contributed by atoms with Crippen molar-refractivity contribution in [3.05, 3.63) is 17.0 Å². The van der Waals surface area contributed by atoms with E-state index >= 15 is 0 Å². The van der Waals surface area contributed by atoms with Crippen LogP contribution in [0.15, 0.2) is 0 Å². The number of nitrogens with zero attached hydrogens (tertiary/aromatic N) is 4. The maximum absolute atomic E-state index is 12.7. The van der Waals surface area contributed by atoms with Gasteiger partial charge in [-0.3, -0.25) is 14.8 Å². The summed E-state index contributed by atoms with van der Waals surface area (Å²) in [7, 11) is 4.19. The second-order valence-corrected chi connectivity index (χ2v) is 6.54. The Labute approximate surface area is 133 Å². The highest BCUT2D eigenvalue weighted by atomic mass is 16.2. The highest BCUT2D eigenvalue weighted by Crippen LogP contribution is 2.23. The van der Waals surface area contributed by atoms with Gasteiger partial charge in [-0.2, -0.15) is 5.10 Å². The van der Waals surface area contributed by atoms with Crippen molar-refractivity contribution in [2.24, 2.45) is 0 Å². The Morgan fingerprint density at radius 1 is 1.27 bits per heavy atom. The fourth-order valence-electron chi connectivity index (χ4n) is 3.13. The molecule has 1 aromatic heterocycles. The number of rotatable bonds is 5. The van der Waals surface area contributed by atoms with Crippen molar-refractivity contribution in [1.82, 2.24) is 24.9 Å². The van der Waals surface area contributed by atoms with Gasteiger partial charge in [-0.25, -0.2) is 0 Å². The molecular weight excluding hydrogens is 278 g/mol. The molecule has 2 rings (SSSR count). The first-order chi connectivity index (χ1) is 10.4. The number of hydrogen-bond donors (Lipinski definition) is 1. The average Bonchev–Trinajstić information content (AvgIpc) is 2.83. The molecule has 6 heteroatoms. The summed E-state index contributed by atoms with van der Waals surface area (Å²) in [4.78, 5) is 19.4. The summed E-state index contributed by atoms with van der Waals surface area (Å²) in [6.45, 7) is 11.7. The van der Waals surface area contributed by atoms with E-state index in [2.05, 4.69) is 34.1 Å². The number of likely N-dealkylation sites (N-methyl/N-ethyl adjacent to an activating group) is 1. The van der Waals surface area contributed by atoms with E-state index in [1.54, 1.807) is 0 Å². The Balaban J connectivity index is 1.90. The Hall–Kier alpha value is -1.40. The quantitative estimate of drug-likeness (QED) is 0.876. The molecule has 22 heavy (non-hydrogen) atoms. The van der Waals surface area contributed by atoms with Gasteiger partial charge in [-0.05, 0) is 34.9 Å². The summed E-state index contributed by atoms with van der Waals surface area (Å²) in [5.74, 6) is 0.104. The fraction of sp³-hybridized carbons (Fsp3) is 0.750. The summed E-state index contributed by atoms with van der Waals surface area (Å²) < 4.78 is 0. The maximum atomic E-state index is 12.7. The predicted molar refractivity (Wildman–Crippen MR) is 88.1 cm³/mol. The van der Waals surface area contributed by atoms with Crippen LogP contribution in [-0.2, 0) is 4.79 Å². The van der Waals surface area contributed by atoms with Gasteiger partial charge in [-0.15, -0.1) is 0 Å². The molecule has 0 radical (unpaired) electrons. The van der Waals surface area contributed by atoms with E-state index in [1.807, 2.05) is 25.7 Å². The zero-order valence-corrected chi connectivity index (χ0v) is 14.5. The number of carbonyl (C=O) groups excluding carboxylic acids is 1. The monoisotopic (exact) mass is 307 g/mol. The van der Waals surface area contributed by atoms with E-state index in [1.165, 1.54) is 0 Å². The molecule has 0 saturated carbocycles. The van der Waals surface area contributed by atoms with Crippen LogP contribution in [0.2, 0.25) is 0 Å². The highest BCUT2D eigenvalue weighted by Gasteiger charge is 2.28. The SMILES string of the molecule is Cc1n[nH]c(C)c1C(C)C(=O)N1CCN(CCN(C)C)CC1. The number of nitrogens with one attached hydrogen (secondary N) is 1. The number of carbonyl (C=O) groups is 1. The van der Waals surface area contributed by atoms with Crippen LogP contribution < -0.4 is 0 Å². The zero-order chi connectivity index (χ0) is 16.3. The van der Waals surface area contributed by atoms with Gasteiger partial charge in [0.2, 0.25) is 5.91 Å². The lowest BCUT2D eigenvalue weighted by Crippen LogP contribution is -2.50. The van der Waals surface area contributed by atoms with Crippen molar-refractivity contribution >= 4 is 5.91 Å². The van der Waals surface area contributed by atoms with E-state index in [0.717, 1.165) is 56.2 Å². The lowest BCUT2D eigenvalue weighted by Gasteiger charge is -2.36. The molecule has 1 aliphatic rings. The van der Waals surface area contributed by atoms with Crippen molar-refractivity contribution in [3.8, 4) is 0 Å². The molecule has 0 bridgehead atoms. The standard InChI is InChI=1S/C16H29N5O/c1-12(15-13(2)17-18-14(15)3)16(22)21-10-8-20(9-11-21)7-6-19(4)5/h12H,6-11H2,1-5H3,(H,17,18). The van der Waals surface area contributed by atoms with E-state index in [0.29, 0.717) is 0 Å². The molecule has 1 saturated heterocycles. The summed E-state index contributed by atoms with van der Waals surface area (Å²) in [6.07, 6.45) is 0. The minimum absolute atomic E-state index is 0.118. The minimum atomic E-state index is -0.118. The number of piperazine rings is 1. The fourth-order valence-corrected chi connectivity index (χ4v) is 3.13. The largest absolute Gasteiger partial charge is 0.340 e. The molecule has 1 aromatic rings.